The monoisotopic (exact) mass is 295 g/mol. The van der Waals surface area contributed by atoms with Gasteiger partial charge in [-0.2, -0.15) is 0 Å². The molecule has 0 saturated heterocycles. The van der Waals surface area contributed by atoms with Gasteiger partial charge in [0.05, 0.1) is 5.69 Å². The Balaban J connectivity index is 1.72. The molecule has 1 amide bonds. The van der Waals surface area contributed by atoms with E-state index in [2.05, 4.69) is 15.5 Å². The van der Waals surface area contributed by atoms with Crippen molar-refractivity contribution in [3.8, 4) is 11.5 Å². The van der Waals surface area contributed by atoms with Crippen LogP contribution in [0, 0.1) is 6.92 Å². The quantitative estimate of drug-likeness (QED) is 0.798. The Morgan fingerprint density at radius 1 is 1.14 bits per heavy atom. The molecule has 0 aliphatic carbocycles. The largest absolute Gasteiger partial charge is 0.457 e. The minimum absolute atomic E-state index is 0.165. The Hall–Kier alpha value is -3.15. The third-order valence-electron chi connectivity index (χ3n) is 2.83. The van der Waals surface area contributed by atoms with E-state index in [1.807, 2.05) is 0 Å². The van der Waals surface area contributed by atoms with Gasteiger partial charge >= 0.3 is 0 Å². The van der Waals surface area contributed by atoms with Gasteiger partial charge in [-0.25, -0.2) is 0 Å². The highest BCUT2D eigenvalue weighted by atomic mass is 16.5. The molecule has 1 aromatic carbocycles. The summed E-state index contributed by atoms with van der Waals surface area (Å²) < 4.78 is 10.6. The number of anilines is 1. The average molecular weight is 295 g/mol. The van der Waals surface area contributed by atoms with Crippen LogP contribution in [0.3, 0.4) is 0 Å². The molecular weight excluding hydrogens is 282 g/mol. The Kier molecular flexibility index (Phi) is 3.82. The van der Waals surface area contributed by atoms with Crippen molar-refractivity contribution in [1.29, 1.82) is 0 Å². The summed E-state index contributed by atoms with van der Waals surface area (Å²) >= 11 is 0. The van der Waals surface area contributed by atoms with Crippen LogP contribution in [0.1, 0.15) is 16.2 Å². The Labute approximate surface area is 126 Å². The van der Waals surface area contributed by atoms with Gasteiger partial charge in [0.1, 0.15) is 11.5 Å². The van der Waals surface area contributed by atoms with Crippen LogP contribution in [0.25, 0.3) is 0 Å². The lowest BCUT2D eigenvalue weighted by Crippen LogP contribution is -2.10. The number of ether oxygens (including phenoxy) is 1. The summed E-state index contributed by atoms with van der Waals surface area (Å²) in [6, 6.07) is 12.2. The maximum absolute atomic E-state index is 12.0. The lowest BCUT2D eigenvalue weighted by molar-refractivity contribution is 0.0988. The molecule has 0 radical (unpaired) electrons. The highest BCUT2D eigenvalue weighted by Gasteiger charge is 2.12. The zero-order valence-electron chi connectivity index (χ0n) is 11.8. The summed E-state index contributed by atoms with van der Waals surface area (Å²) in [7, 11) is 0. The molecule has 2 aromatic heterocycles. The number of carbonyl (C=O) groups excluding carboxylic acids is 1. The molecule has 3 aromatic rings. The van der Waals surface area contributed by atoms with Crippen molar-refractivity contribution in [1.82, 2.24) is 10.1 Å². The predicted molar refractivity (Wildman–Crippen MR) is 79.9 cm³/mol. The van der Waals surface area contributed by atoms with Crippen molar-refractivity contribution in [2.24, 2.45) is 0 Å². The standard InChI is InChI=1S/C16H13N3O3/c1-11-9-15(22-19-11)16(20)18-12-3-2-4-14(10-12)21-13-5-7-17-8-6-13/h2-10H,1H3,(H,18,20). The summed E-state index contributed by atoms with van der Waals surface area (Å²) in [5.74, 6) is 1.08. The summed E-state index contributed by atoms with van der Waals surface area (Å²) in [5, 5.41) is 6.42. The van der Waals surface area contributed by atoms with E-state index in [0.29, 0.717) is 22.9 Å². The Morgan fingerprint density at radius 3 is 2.68 bits per heavy atom. The second-order valence-corrected chi connectivity index (χ2v) is 4.60. The second-order valence-electron chi connectivity index (χ2n) is 4.60. The van der Waals surface area contributed by atoms with Crippen LogP contribution < -0.4 is 10.1 Å². The first kappa shape index (κ1) is 13.8. The normalized spacial score (nSPS) is 10.2. The third kappa shape index (κ3) is 3.29. The Morgan fingerprint density at radius 2 is 1.95 bits per heavy atom. The molecule has 0 saturated carbocycles. The number of carbonyl (C=O) groups is 1. The molecule has 1 N–H and O–H groups in total. The molecule has 110 valence electrons. The zero-order valence-corrected chi connectivity index (χ0v) is 11.8. The number of aromatic nitrogens is 2. The molecule has 0 bridgehead atoms. The number of aryl methyl sites for hydroxylation is 1. The summed E-state index contributed by atoms with van der Waals surface area (Å²) in [5.41, 5.74) is 1.26. The lowest BCUT2D eigenvalue weighted by Gasteiger charge is -2.07. The number of amides is 1. The van der Waals surface area contributed by atoms with Gasteiger partial charge in [-0.05, 0) is 31.2 Å². The maximum Gasteiger partial charge on any atom is 0.294 e. The van der Waals surface area contributed by atoms with Gasteiger partial charge in [-0.1, -0.05) is 11.2 Å². The van der Waals surface area contributed by atoms with Crippen molar-refractivity contribution in [3.05, 3.63) is 66.3 Å². The number of rotatable bonds is 4. The van der Waals surface area contributed by atoms with E-state index in [-0.39, 0.29) is 11.7 Å². The fraction of sp³-hybridized carbons (Fsp3) is 0.0625. The predicted octanol–water partition coefficient (Wildman–Crippen LogP) is 3.42. The average Bonchev–Trinajstić information content (AvgIpc) is 2.95. The summed E-state index contributed by atoms with van der Waals surface area (Å²) in [6.07, 6.45) is 3.29. The molecule has 0 aliphatic rings. The first-order valence-electron chi connectivity index (χ1n) is 6.63. The van der Waals surface area contributed by atoms with E-state index in [1.165, 1.54) is 0 Å². The molecule has 0 unspecified atom stereocenters. The number of benzene rings is 1. The SMILES string of the molecule is Cc1cc(C(=O)Nc2cccc(Oc3ccncc3)c2)on1. The minimum Gasteiger partial charge on any atom is -0.457 e. The summed E-state index contributed by atoms with van der Waals surface area (Å²) in [4.78, 5) is 15.9. The summed E-state index contributed by atoms with van der Waals surface area (Å²) in [6.45, 7) is 1.75. The first-order chi connectivity index (χ1) is 10.7. The van der Waals surface area contributed by atoms with Gasteiger partial charge < -0.3 is 14.6 Å². The van der Waals surface area contributed by atoms with Crippen molar-refractivity contribution in [2.75, 3.05) is 5.32 Å². The fourth-order valence-corrected chi connectivity index (χ4v) is 1.84. The van der Waals surface area contributed by atoms with Crippen molar-refractivity contribution in [3.63, 3.8) is 0 Å². The number of hydrogen-bond acceptors (Lipinski definition) is 5. The van der Waals surface area contributed by atoms with E-state index >= 15 is 0 Å². The number of nitrogens with one attached hydrogen (secondary N) is 1. The van der Waals surface area contributed by atoms with E-state index in [4.69, 9.17) is 9.26 Å². The van der Waals surface area contributed by atoms with E-state index in [0.717, 1.165) is 0 Å². The van der Waals surface area contributed by atoms with Crippen LogP contribution in [-0.4, -0.2) is 16.0 Å². The molecule has 2 heterocycles. The molecule has 0 aliphatic heterocycles. The molecule has 0 spiro atoms. The maximum atomic E-state index is 12.0. The van der Waals surface area contributed by atoms with E-state index in [9.17, 15) is 4.79 Å². The Bertz CT molecular complexity index is 784. The van der Waals surface area contributed by atoms with E-state index < -0.39 is 0 Å². The van der Waals surface area contributed by atoms with Crippen LogP contribution in [0.2, 0.25) is 0 Å². The van der Waals surface area contributed by atoms with E-state index in [1.54, 1.807) is 61.8 Å². The van der Waals surface area contributed by atoms with Gasteiger partial charge in [0, 0.05) is 30.2 Å². The number of nitrogens with zero attached hydrogens (tertiary/aromatic N) is 2. The minimum atomic E-state index is -0.360. The molecular formula is C16H13N3O3. The van der Waals surface area contributed by atoms with Gasteiger partial charge in [-0.15, -0.1) is 0 Å². The van der Waals surface area contributed by atoms with Crippen LogP contribution in [0.4, 0.5) is 5.69 Å². The molecule has 22 heavy (non-hydrogen) atoms. The second kappa shape index (κ2) is 6.09. The molecule has 3 rings (SSSR count). The van der Waals surface area contributed by atoms with Crippen LogP contribution in [0.5, 0.6) is 11.5 Å². The fourth-order valence-electron chi connectivity index (χ4n) is 1.84. The van der Waals surface area contributed by atoms with Crippen LogP contribution in [0.15, 0.2) is 59.4 Å². The van der Waals surface area contributed by atoms with Gasteiger partial charge in [0.2, 0.25) is 5.76 Å². The van der Waals surface area contributed by atoms with Crippen LogP contribution in [-0.2, 0) is 0 Å². The molecule has 6 heteroatoms. The van der Waals surface area contributed by atoms with Crippen LogP contribution >= 0.6 is 0 Å². The van der Waals surface area contributed by atoms with Crippen molar-refractivity contribution in [2.45, 2.75) is 6.92 Å². The number of pyridine rings is 1. The highest BCUT2D eigenvalue weighted by molar-refractivity contribution is 6.02. The smallest absolute Gasteiger partial charge is 0.294 e. The topological polar surface area (TPSA) is 77.2 Å². The van der Waals surface area contributed by atoms with Gasteiger partial charge in [0.15, 0.2) is 0 Å². The highest BCUT2D eigenvalue weighted by Crippen LogP contribution is 2.23. The molecule has 0 fully saturated rings. The first-order valence-corrected chi connectivity index (χ1v) is 6.63. The number of hydrogen-bond donors (Lipinski definition) is 1. The zero-order chi connectivity index (χ0) is 15.4. The lowest BCUT2D eigenvalue weighted by atomic mass is 10.3. The van der Waals surface area contributed by atoms with Crippen molar-refractivity contribution >= 4 is 11.6 Å². The molecule has 0 atom stereocenters. The van der Waals surface area contributed by atoms with Gasteiger partial charge in [0.25, 0.3) is 5.91 Å². The molecule has 6 nitrogen and oxygen atoms in total. The third-order valence-corrected chi connectivity index (χ3v) is 2.83. The van der Waals surface area contributed by atoms with Crippen molar-refractivity contribution < 1.29 is 14.1 Å². The van der Waals surface area contributed by atoms with Gasteiger partial charge in [-0.3, -0.25) is 9.78 Å².